The van der Waals surface area contributed by atoms with E-state index in [4.69, 9.17) is 0 Å². The van der Waals surface area contributed by atoms with E-state index in [-0.39, 0.29) is 11.9 Å². The van der Waals surface area contributed by atoms with Gasteiger partial charge in [-0.25, -0.2) is 4.68 Å². The summed E-state index contributed by atoms with van der Waals surface area (Å²) in [6, 6.07) is 0.163. The molecule has 0 radical (unpaired) electrons. The number of nitrogens with one attached hydrogen (secondary N) is 2. The van der Waals surface area contributed by atoms with E-state index < -0.39 is 6.10 Å². The van der Waals surface area contributed by atoms with Crippen LogP contribution < -0.4 is 10.6 Å². The number of nitrogens with zero attached hydrogens (tertiary/aromatic N) is 3. The van der Waals surface area contributed by atoms with E-state index >= 15 is 0 Å². The number of aliphatic hydroxyl groups excluding tert-OH is 1. The van der Waals surface area contributed by atoms with Gasteiger partial charge in [-0.15, -0.1) is 5.10 Å². The van der Waals surface area contributed by atoms with Crippen molar-refractivity contribution in [1.82, 2.24) is 25.6 Å². The average Bonchev–Trinajstić information content (AvgIpc) is 3.00. The van der Waals surface area contributed by atoms with E-state index in [0.717, 1.165) is 51.6 Å². The van der Waals surface area contributed by atoms with Gasteiger partial charge >= 0.3 is 0 Å². The fourth-order valence-corrected chi connectivity index (χ4v) is 3.15. The maximum atomic E-state index is 12.2. The van der Waals surface area contributed by atoms with Crippen molar-refractivity contribution in [3.05, 3.63) is 11.9 Å². The monoisotopic (exact) mass is 293 g/mol. The number of piperidine rings is 1. The lowest BCUT2D eigenvalue weighted by atomic mass is 9.92. The SMILES string of the molecule is O=C(NC1CCCCC1O)c1cn(C2CCNCC2)nn1. The van der Waals surface area contributed by atoms with Crippen molar-refractivity contribution in [2.45, 2.75) is 56.7 Å². The Labute approximate surface area is 124 Å². The molecule has 1 amide bonds. The lowest BCUT2D eigenvalue weighted by Gasteiger charge is -2.27. The largest absolute Gasteiger partial charge is 0.391 e. The standard InChI is InChI=1S/C14H23N5O2/c20-13-4-2-1-3-11(13)16-14(21)12-9-19(18-17-12)10-5-7-15-8-6-10/h9-11,13,15,20H,1-8H2,(H,16,21). The van der Waals surface area contributed by atoms with Crippen molar-refractivity contribution >= 4 is 5.91 Å². The van der Waals surface area contributed by atoms with Crippen molar-refractivity contribution in [2.75, 3.05) is 13.1 Å². The van der Waals surface area contributed by atoms with Gasteiger partial charge in [0.2, 0.25) is 0 Å². The Morgan fingerprint density at radius 3 is 2.81 bits per heavy atom. The predicted octanol–water partition coefficient (Wildman–Crippen LogP) is 0.236. The molecule has 1 saturated carbocycles. The summed E-state index contributed by atoms with van der Waals surface area (Å²) in [6.07, 6.45) is 6.95. The molecule has 1 aromatic heterocycles. The molecule has 1 aromatic rings. The molecule has 2 unspecified atom stereocenters. The highest BCUT2D eigenvalue weighted by Gasteiger charge is 2.26. The normalized spacial score (nSPS) is 27.5. The number of hydrogen-bond donors (Lipinski definition) is 3. The van der Waals surface area contributed by atoms with Gasteiger partial charge in [0.25, 0.3) is 5.91 Å². The molecule has 0 bridgehead atoms. The Balaban J connectivity index is 1.60. The van der Waals surface area contributed by atoms with Crippen LogP contribution in [-0.4, -0.2) is 51.2 Å². The molecule has 0 aromatic carbocycles. The number of hydrogen-bond acceptors (Lipinski definition) is 5. The maximum Gasteiger partial charge on any atom is 0.273 e. The van der Waals surface area contributed by atoms with Crippen LogP contribution in [0.1, 0.15) is 55.1 Å². The van der Waals surface area contributed by atoms with Crippen LogP contribution in [0.3, 0.4) is 0 Å². The number of amides is 1. The zero-order valence-corrected chi connectivity index (χ0v) is 12.2. The molecule has 3 N–H and O–H groups in total. The Morgan fingerprint density at radius 2 is 2.05 bits per heavy atom. The number of carbonyl (C=O) groups is 1. The average molecular weight is 293 g/mol. The smallest absolute Gasteiger partial charge is 0.273 e. The summed E-state index contributed by atoms with van der Waals surface area (Å²) in [7, 11) is 0. The van der Waals surface area contributed by atoms with Crippen LogP contribution in [0.4, 0.5) is 0 Å². The molecule has 3 rings (SSSR count). The van der Waals surface area contributed by atoms with Crippen LogP contribution in [0.2, 0.25) is 0 Å². The Morgan fingerprint density at radius 1 is 1.29 bits per heavy atom. The Hall–Kier alpha value is -1.47. The number of rotatable bonds is 3. The van der Waals surface area contributed by atoms with Gasteiger partial charge in [0.15, 0.2) is 5.69 Å². The number of aliphatic hydroxyl groups is 1. The molecule has 2 aliphatic rings. The quantitative estimate of drug-likeness (QED) is 0.742. The Kier molecular flexibility index (Phi) is 4.50. The highest BCUT2D eigenvalue weighted by atomic mass is 16.3. The highest BCUT2D eigenvalue weighted by Crippen LogP contribution is 2.19. The zero-order valence-electron chi connectivity index (χ0n) is 12.2. The van der Waals surface area contributed by atoms with Gasteiger partial charge in [-0.1, -0.05) is 18.1 Å². The molecule has 2 fully saturated rings. The van der Waals surface area contributed by atoms with Crippen molar-refractivity contribution in [3.63, 3.8) is 0 Å². The molecule has 7 heteroatoms. The first-order valence-electron chi connectivity index (χ1n) is 7.85. The third-order valence-electron chi connectivity index (χ3n) is 4.47. The fraction of sp³-hybridized carbons (Fsp3) is 0.786. The molecule has 21 heavy (non-hydrogen) atoms. The van der Waals surface area contributed by atoms with Crippen LogP contribution in [0, 0.1) is 0 Å². The molecule has 1 saturated heterocycles. The molecule has 1 aliphatic carbocycles. The summed E-state index contributed by atoms with van der Waals surface area (Å²) in [4.78, 5) is 12.2. The van der Waals surface area contributed by atoms with E-state index in [1.54, 1.807) is 10.9 Å². The third kappa shape index (κ3) is 3.41. The molecule has 2 heterocycles. The predicted molar refractivity (Wildman–Crippen MR) is 76.9 cm³/mol. The van der Waals surface area contributed by atoms with E-state index in [2.05, 4.69) is 20.9 Å². The summed E-state index contributed by atoms with van der Waals surface area (Å²) < 4.78 is 1.80. The third-order valence-corrected chi connectivity index (χ3v) is 4.47. The van der Waals surface area contributed by atoms with Gasteiger partial charge in [-0.2, -0.15) is 0 Å². The highest BCUT2D eigenvalue weighted by molar-refractivity contribution is 5.92. The van der Waals surface area contributed by atoms with Gasteiger partial charge in [0, 0.05) is 0 Å². The molecular formula is C14H23N5O2. The summed E-state index contributed by atoms with van der Waals surface area (Å²) >= 11 is 0. The lowest BCUT2D eigenvalue weighted by Crippen LogP contribution is -2.45. The fourth-order valence-electron chi connectivity index (χ4n) is 3.15. The molecule has 1 aliphatic heterocycles. The van der Waals surface area contributed by atoms with Crippen molar-refractivity contribution in [2.24, 2.45) is 0 Å². The second-order valence-electron chi connectivity index (χ2n) is 6.00. The van der Waals surface area contributed by atoms with Crippen LogP contribution >= 0.6 is 0 Å². The van der Waals surface area contributed by atoms with Gasteiger partial charge < -0.3 is 15.7 Å². The van der Waals surface area contributed by atoms with E-state index in [1.807, 2.05) is 0 Å². The van der Waals surface area contributed by atoms with Crippen molar-refractivity contribution < 1.29 is 9.90 Å². The van der Waals surface area contributed by atoms with Gasteiger partial charge in [0.1, 0.15) is 0 Å². The topological polar surface area (TPSA) is 92.1 Å². The van der Waals surface area contributed by atoms with Gasteiger partial charge in [-0.05, 0) is 38.8 Å². The van der Waals surface area contributed by atoms with Gasteiger partial charge in [-0.3, -0.25) is 4.79 Å². The molecule has 116 valence electrons. The number of aromatic nitrogens is 3. The molecule has 2 atom stereocenters. The first-order valence-corrected chi connectivity index (χ1v) is 7.85. The minimum Gasteiger partial charge on any atom is -0.391 e. The Bertz CT molecular complexity index is 483. The first-order chi connectivity index (χ1) is 10.2. The van der Waals surface area contributed by atoms with E-state index in [1.165, 1.54) is 0 Å². The summed E-state index contributed by atoms with van der Waals surface area (Å²) in [5, 5.41) is 24.2. The zero-order chi connectivity index (χ0) is 14.7. The van der Waals surface area contributed by atoms with Gasteiger partial charge in [0.05, 0.1) is 24.4 Å². The van der Waals surface area contributed by atoms with Crippen LogP contribution in [-0.2, 0) is 0 Å². The second kappa shape index (κ2) is 6.53. The van der Waals surface area contributed by atoms with Crippen LogP contribution in [0.25, 0.3) is 0 Å². The van der Waals surface area contributed by atoms with E-state index in [0.29, 0.717) is 11.7 Å². The van der Waals surface area contributed by atoms with Crippen molar-refractivity contribution in [1.29, 1.82) is 0 Å². The minimum absolute atomic E-state index is 0.157. The first kappa shape index (κ1) is 14.5. The summed E-state index contributed by atoms with van der Waals surface area (Å²) in [5.74, 6) is -0.235. The van der Waals surface area contributed by atoms with Crippen molar-refractivity contribution in [3.8, 4) is 0 Å². The summed E-state index contributed by atoms with van der Waals surface area (Å²) in [5.41, 5.74) is 0.339. The second-order valence-corrected chi connectivity index (χ2v) is 6.00. The summed E-state index contributed by atoms with van der Waals surface area (Å²) in [6.45, 7) is 1.95. The molecule has 0 spiro atoms. The molecule has 7 nitrogen and oxygen atoms in total. The lowest BCUT2D eigenvalue weighted by molar-refractivity contribution is 0.0713. The van der Waals surface area contributed by atoms with Crippen LogP contribution in [0.5, 0.6) is 0 Å². The maximum absolute atomic E-state index is 12.2. The number of carbonyl (C=O) groups excluding carboxylic acids is 1. The molecular weight excluding hydrogens is 270 g/mol. The van der Waals surface area contributed by atoms with Crippen LogP contribution in [0.15, 0.2) is 6.20 Å². The minimum atomic E-state index is -0.442. The van der Waals surface area contributed by atoms with E-state index in [9.17, 15) is 9.90 Å².